The minimum Gasteiger partial charge on any atom is -0.453 e. The highest BCUT2D eigenvalue weighted by Gasteiger charge is 2.23. The summed E-state index contributed by atoms with van der Waals surface area (Å²) in [7, 11) is 1.80. The van der Waals surface area contributed by atoms with E-state index in [4.69, 9.17) is 37.6 Å². The van der Waals surface area contributed by atoms with Gasteiger partial charge in [0.25, 0.3) is 5.89 Å². The van der Waals surface area contributed by atoms with Crippen LogP contribution in [0.2, 0.25) is 10.0 Å². The quantitative estimate of drug-likeness (QED) is 0.312. The van der Waals surface area contributed by atoms with Crippen LogP contribution >= 0.6 is 23.2 Å². The van der Waals surface area contributed by atoms with Gasteiger partial charge in [0.1, 0.15) is 11.4 Å². The van der Waals surface area contributed by atoms with Gasteiger partial charge >= 0.3 is 0 Å². The molecule has 0 N–H and O–H groups in total. The molecular formula is C24H20Cl2FN5O2. The molecule has 0 radical (unpaired) electrons. The Hall–Kier alpha value is -3.41. The number of hydrogen-bond donors (Lipinski definition) is 0. The van der Waals surface area contributed by atoms with Crippen molar-refractivity contribution < 1.29 is 13.5 Å². The van der Waals surface area contributed by atoms with E-state index in [9.17, 15) is 0 Å². The molecule has 174 valence electrons. The molecule has 0 saturated heterocycles. The zero-order chi connectivity index (χ0) is 24.6. The SMILES string of the molecule is Cn1nc(C(C)(C)C)cc1-c1nnc(Cc2ccc(Cl)c(Oc3cc(Cl)cc(C#N)c3)c2F)o1. The van der Waals surface area contributed by atoms with Gasteiger partial charge in [0.15, 0.2) is 11.6 Å². The number of aromatic nitrogens is 4. The maximum Gasteiger partial charge on any atom is 0.265 e. The van der Waals surface area contributed by atoms with Gasteiger partial charge in [-0.05, 0) is 30.3 Å². The topological polar surface area (TPSA) is 89.8 Å². The zero-order valence-corrected chi connectivity index (χ0v) is 20.4. The first kappa shape index (κ1) is 23.7. The smallest absolute Gasteiger partial charge is 0.265 e. The van der Waals surface area contributed by atoms with Crippen LogP contribution in [0.15, 0.2) is 40.8 Å². The van der Waals surface area contributed by atoms with Crippen molar-refractivity contribution in [3.05, 3.63) is 75.0 Å². The number of rotatable bonds is 5. The molecule has 10 heteroatoms. The molecule has 0 spiro atoms. The number of aryl methyl sites for hydroxylation is 1. The summed E-state index contributed by atoms with van der Waals surface area (Å²) in [5.41, 5.74) is 1.93. The lowest BCUT2D eigenvalue weighted by atomic mass is 9.92. The number of nitriles is 1. The van der Waals surface area contributed by atoms with E-state index >= 15 is 4.39 Å². The predicted octanol–water partition coefficient (Wildman–Crippen LogP) is 6.47. The Balaban J connectivity index is 1.61. The molecule has 0 fully saturated rings. The minimum atomic E-state index is -0.679. The Morgan fingerprint density at radius 2 is 1.91 bits per heavy atom. The van der Waals surface area contributed by atoms with E-state index in [-0.39, 0.29) is 56.3 Å². The predicted molar refractivity (Wildman–Crippen MR) is 126 cm³/mol. The second-order valence-corrected chi connectivity index (χ2v) is 9.55. The van der Waals surface area contributed by atoms with Gasteiger partial charge in [-0.15, -0.1) is 10.2 Å². The first-order valence-corrected chi connectivity index (χ1v) is 11.0. The highest BCUT2D eigenvalue weighted by molar-refractivity contribution is 6.32. The van der Waals surface area contributed by atoms with Crippen LogP contribution in [0.1, 0.15) is 43.5 Å². The fourth-order valence-electron chi connectivity index (χ4n) is 3.23. The lowest BCUT2D eigenvalue weighted by Crippen LogP contribution is -2.12. The van der Waals surface area contributed by atoms with Crippen LogP contribution in [-0.2, 0) is 18.9 Å². The van der Waals surface area contributed by atoms with Crippen LogP contribution in [0.3, 0.4) is 0 Å². The molecule has 2 aromatic heterocycles. The standard InChI is InChI=1S/C24H20Cl2FN5O2/c1-24(2,3)19-11-18(32(4)31-19)23-30-29-20(34-23)9-14-5-6-17(26)22(21(14)27)33-16-8-13(12-28)7-15(25)10-16/h5-8,10-11H,9H2,1-4H3. The first-order chi connectivity index (χ1) is 16.0. The molecule has 0 bridgehead atoms. The summed E-state index contributed by atoms with van der Waals surface area (Å²) in [6.07, 6.45) is 0.0231. The summed E-state index contributed by atoms with van der Waals surface area (Å²) in [5, 5.41) is 22.1. The highest BCUT2D eigenvalue weighted by Crippen LogP contribution is 2.36. The van der Waals surface area contributed by atoms with Gasteiger partial charge in [0.05, 0.1) is 28.8 Å². The number of nitrogens with zero attached hydrogens (tertiary/aromatic N) is 5. The third-order valence-corrected chi connectivity index (χ3v) is 5.54. The molecule has 0 saturated carbocycles. The van der Waals surface area contributed by atoms with Gasteiger partial charge in [0.2, 0.25) is 5.89 Å². The fraction of sp³-hybridized carbons (Fsp3) is 0.250. The van der Waals surface area contributed by atoms with Crippen molar-refractivity contribution in [2.24, 2.45) is 7.05 Å². The lowest BCUT2D eigenvalue weighted by Gasteiger charge is -2.13. The van der Waals surface area contributed by atoms with Crippen LogP contribution in [0.4, 0.5) is 4.39 Å². The largest absolute Gasteiger partial charge is 0.453 e. The van der Waals surface area contributed by atoms with E-state index in [1.807, 2.05) is 12.1 Å². The van der Waals surface area contributed by atoms with Gasteiger partial charge in [-0.2, -0.15) is 10.4 Å². The van der Waals surface area contributed by atoms with Crippen LogP contribution in [0.25, 0.3) is 11.6 Å². The average molecular weight is 500 g/mol. The van der Waals surface area contributed by atoms with Crippen molar-refractivity contribution in [1.82, 2.24) is 20.0 Å². The average Bonchev–Trinajstić information content (AvgIpc) is 3.39. The summed E-state index contributed by atoms with van der Waals surface area (Å²) in [6, 6.07) is 11.3. The van der Waals surface area contributed by atoms with Gasteiger partial charge in [0, 0.05) is 23.0 Å². The Labute approximate surface area is 205 Å². The zero-order valence-electron chi connectivity index (χ0n) is 18.9. The van der Waals surface area contributed by atoms with Crippen molar-refractivity contribution >= 4 is 23.2 Å². The summed E-state index contributed by atoms with van der Waals surface area (Å²) in [6.45, 7) is 6.18. The van der Waals surface area contributed by atoms with E-state index < -0.39 is 5.82 Å². The molecule has 0 amide bonds. The molecule has 2 aromatic carbocycles. The van der Waals surface area contributed by atoms with Crippen molar-refractivity contribution in [1.29, 1.82) is 5.26 Å². The monoisotopic (exact) mass is 499 g/mol. The normalized spacial score (nSPS) is 11.5. The van der Waals surface area contributed by atoms with Crippen LogP contribution in [0.5, 0.6) is 11.5 Å². The van der Waals surface area contributed by atoms with E-state index in [2.05, 4.69) is 36.1 Å². The molecule has 0 aliphatic rings. The van der Waals surface area contributed by atoms with Crippen LogP contribution in [0, 0.1) is 17.1 Å². The molecule has 4 rings (SSSR count). The molecule has 2 heterocycles. The number of ether oxygens (including phenoxy) is 1. The van der Waals surface area contributed by atoms with Crippen molar-refractivity contribution in [2.75, 3.05) is 0 Å². The lowest BCUT2D eigenvalue weighted by molar-refractivity contribution is 0.437. The number of hydrogen-bond acceptors (Lipinski definition) is 6. The summed E-state index contributed by atoms with van der Waals surface area (Å²) >= 11 is 12.2. The van der Waals surface area contributed by atoms with E-state index in [0.29, 0.717) is 5.69 Å². The van der Waals surface area contributed by atoms with E-state index in [1.54, 1.807) is 11.7 Å². The molecule has 0 aliphatic heterocycles. The van der Waals surface area contributed by atoms with E-state index in [0.717, 1.165) is 5.69 Å². The van der Waals surface area contributed by atoms with Gasteiger partial charge < -0.3 is 9.15 Å². The van der Waals surface area contributed by atoms with Crippen molar-refractivity contribution in [3.8, 4) is 29.2 Å². The molecule has 0 atom stereocenters. The summed E-state index contributed by atoms with van der Waals surface area (Å²) < 4.78 is 28.4. The molecule has 0 unspecified atom stereocenters. The minimum absolute atomic E-state index is 0.0231. The Kier molecular flexibility index (Phi) is 6.34. The molecule has 4 aromatic rings. The first-order valence-electron chi connectivity index (χ1n) is 10.3. The maximum absolute atomic E-state index is 15.3. The Bertz CT molecular complexity index is 1420. The Morgan fingerprint density at radius 1 is 1.15 bits per heavy atom. The van der Waals surface area contributed by atoms with Gasteiger partial charge in [-0.25, -0.2) is 4.39 Å². The second-order valence-electron chi connectivity index (χ2n) is 8.71. The van der Waals surface area contributed by atoms with Crippen molar-refractivity contribution in [2.45, 2.75) is 32.6 Å². The molecule has 0 aliphatic carbocycles. The third kappa shape index (κ3) is 4.91. The Morgan fingerprint density at radius 3 is 2.59 bits per heavy atom. The van der Waals surface area contributed by atoms with Crippen LogP contribution < -0.4 is 4.74 Å². The number of benzene rings is 2. The second kappa shape index (κ2) is 9.09. The molecular weight excluding hydrogens is 480 g/mol. The van der Waals surface area contributed by atoms with Crippen molar-refractivity contribution in [3.63, 3.8) is 0 Å². The summed E-state index contributed by atoms with van der Waals surface area (Å²) in [4.78, 5) is 0. The summed E-state index contributed by atoms with van der Waals surface area (Å²) in [5.74, 6) is -0.176. The molecule has 34 heavy (non-hydrogen) atoms. The fourth-order valence-corrected chi connectivity index (χ4v) is 3.64. The maximum atomic E-state index is 15.3. The van der Waals surface area contributed by atoms with E-state index in [1.165, 1.54) is 30.3 Å². The van der Waals surface area contributed by atoms with Gasteiger partial charge in [-0.1, -0.05) is 50.0 Å². The van der Waals surface area contributed by atoms with Gasteiger partial charge in [-0.3, -0.25) is 4.68 Å². The molecule has 7 nitrogen and oxygen atoms in total. The highest BCUT2D eigenvalue weighted by atomic mass is 35.5. The third-order valence-electron chi connectivity index (χ3n) is 5.03. The van der Waals surface area contributed by atoms with Crippen LogP contribution in [-0.4, -0.2) is 20.0 Å². The number of halogens is 3.